The number of fused-ring (bicyclic) bond motifs is 5. The van der Waals surface area contributed by atoms with Crippen molar-refractivity contribution in [2.45, 2.75) is 96.0 Å². The molecule has 0 aliphatic heterocycles. The summed E-state index contributed by atoms with van der Waals surface area (Å²) in [5, 5.41) is 24.8. The van der Waals surface area contributed by atoms with Crippen molar-refractivity contribution in [1.82, 2.24) is 5.32 Å². The Hall–Kier alpha value is -0.790. The zero-order valence-electron chi connectivity index (χ0n) is 22.6. The largest absolute Gasteiger partial charge is 0.393 e. The molecule has 0 spiro atoms. The number of amides is 1. The summed E-state index contributed by atoms with van der Waals surface area (Å²) in [7, 11) is -8.25. The molecule has 38 heavy (non-hydrogen) atoms. The van der Waals surface area contributed by atoms with Gasteiger partial charge in [-0.2, -0.15) is 16.8 Å². The fraction of sp³-hybridized carbons (Fsp3) is 0.962. The Morgan fingerprint density at radius 1 is 1.00 bits per heavy atom. The number of hydrogen-bond donors (Lipinski definition) is 5. The maximum absolute atomic E-state index is 12.2. The summed E-state index contributed by atoms with van der Waals surface area (Å²) < 4.78 is 63.9. The highest BCUT2D eigenvalue weighted by Crippen LogP contribution is 2.68. The highest BCUT2D eigenvalue weighted by Gasteiger charge is 2.66. The van der Waals surface area contributed by atoms with Gasteiger partial charge >= 0.3 is 0 Å². The van der Waals surface area contributed by atoms with Crippen LogP contribution in [0.25, 0.3) is 0 Å². The average molecular weight is 580 g/mol. The minimum Gasteiger partial charge on any atom is -0.393 e. The number of aliphatic hydroxyl groups excluding tert-OH is 2. The molecule has 4 fully saturated rings. The van der Waals surface area contributed by atoms with Crippen molar-refractivity contribution in [2.24, 2.45) is 46.3 Å². The van der Waals surface area contributed by atoms with Crippen LogP contribution in [0.3, 0.4) is 0 Å². The zero-order valence-corrected chi connectivity index (χ0v) is 24.3. The van der Waals surface area contributed by atoms with E-state index in [1.807, 2.05) is 0 Å². The third-order valence-corrected chi connectivity index (χ3v) is 13.4. The molecular formula is C26H45NO9S2. The average Bonchev–Trinajstić information content (AvgIpc) is 3.15. The first-order valence-electron chi connectivity index (χ1n) is 14.0. The Morgan fingerprint density at radius 2 is 1.68 bits per heavy atom. The van der Waals surface area contributed by atoms with Gasteiger partial charge in [-0.15, -0.1) is 0 Å². The summed E-state index contributed by atoms with van der Waals surface area (Å²) >= 11 is 0. The molecule has 1 amide bonds. The van der Waals surface area contributed by atoms with Crippen LogP contribution in [0.5, 0.6) is 0 Å². The van der Waals surface area contributed by atoms with Crippen molar-refractivity contribution in [1.29, 1.82) is 0 Å². The van der Waals surface area contributed by atoms with Crippen molar-refractivity contribution in [3.05, 3.63) is 0 Å². The minimum atomic E-state index is -4.13. The van der Waals surface area contributed by atoms with E-state index in [1.54, 1.807) is 0 Å². The van der Waals surface area contributed by atoms with E-state index < -0.39 is 48.9 Å². The maximum atomic E-state index is 12.2. The third-order valence-electron chi connectivity index (χ3n) is 11.4. The Bertz CT molecular complexity index is 1110. The van der Waals surface area contributed by atoms with E-state index in [-0.39, 0.29) is 59.8 Å². The molecule has 0 radical (unpaired) electrons. The molecule has 5 N–H and O–H groups in total. The topological polar surface area (TPSA) is 178 Å². The van der Waals surface area contributed by atoms with Gasteiger partial charge in [0, 0.05) is 13.0 Å². The fourth-order valence-corrected chi connectivity index (χ4v) is 10.6. The SMILES string of the molecule is CC(CCC(=O)NCCS(=O)(=O)O)C1CCC2C3C(O)CC4CC(S(=O)(=O)O)CCC4(C)C3CC(O)C12C. The molecule has 0 aromatic heterocycles. The molecule has 11 atom stereocenters. The molecule has 12 heteroatoms. The van der Waals surface area contributed by atoms with Crippen molar-refractivity contribution < 1.29 is 40.9 Å². The summed E-state index contributed by atoms with van der Waals surface area (Å²) in [6.07, 6.45) is 3.89. The Morgan fingerprint density at radius 3 is 2.32 bits per heavy atom. The van der Waals surface area contributed by atoms with E-state index >= 15 is 0 Å². The molecule has 4 rings (SSSR count). The van der Waals surface area contributed by atoms with Crippen LogP contribution in [0.15, 0.2) is 0 Å². The molecule has 0 saturated heterocycles. The van der Waals surface area contributed by atoms with Gasteiger partial charge in [0.1, 0.15) is 0 Å². The molecule has 4 aliphatic carbocycles. The zero-order chi connectivity index (χ0) is 28.3. The van der Waals surface area contributed by atoms with Gasteiger partial charge < -0.3 is 15.5 Å². The van der Waals surface area contributed by atoms with Crippen LogP contribution in [0, 0.1) is 46.3 Å². The number of rotatable bonds is 8. The molecule has 4 aliphatic rings. The standard InChI is InChI=1S/C26H45NO9S2/c1-15(4-7-23(30)27-10-11-37(31,32)33)18-5-6-19-24-20(14-22(29)26(18,19)3)25(2)9-8-17(38(34,35)36)12-16(25)13-21(24)28/h15-22,24,28-29H,4-14H2,1-3H3,(H,27,30)(H,31,32,33)(H,34,35,36). The van der Waals surface area contributed by atoms with Crippen molar-refractivity contribution in [3.8, 4) is 0 Å². The van der Waals surface area contributed by atoms with Crippen LogP contribution in [0.2, 0.25) is 0 Å². The smallest absolute Gasteiger partial charge is 0.267 e. The van der Waals surface area contributed by atoms with Gasteiger partial charge in [-0.3, -0.25) is 13.9 Å². The van der Waals surface area contributed by atoms with Gasteiger partial charge in [0.2, 0.25) is 5.91 Å². The number of carbonyl (C=O) groups excluding carboxylic acids is 1. The second kappa shape index (κ2) is 10.6. The van der Waals surface area contributed by atoms with E-state index in [0.29, 0.717) is 38.5 Å². The third kappa shape index (κ3) is 5.54. The van der Waals surface area contributed by atoms with Crippen LogP contribution in [0.1, 0.15) is 78.6 Å². The quantitative estimate of drug-likeness (QED) is 0.270. The number of carbonyl (C=O) groups is 1. The minimum absolute atomic E-state index is 0.0212. The number of nitrogens with one attached hydrogen (secondary N) is 1. The molecule has 220 valence electrons. The van der Waals surface area contributed by atoms with Crippen molar-refractivity contribution in [2.75, 3.05) is 12.3 Å². The molecule has 0 bridgehead atoms. The number of hydrogen-bond acceptors (Lipinski definition) is 7. The van der Waals surface area contributed by atoms with Gasteiger partial charge in [-0.25, -0.2) is 0 Å². The molecule has 0 heterocycles. The van der Waals surface area contributed by atoms with Gasteiger partial charge in [0.15, 0.2) is 0 Å². The van der Waals surface area contributed by atoms with Gasteiger partial charge in [0.05, 0.1) is 23.2 Å². The van der Waals surface area contributed by atoms with Gasteiger partial charge in [-0.05, 0) is 97.7 Å². The second-order valence-electron chi connectivity index (χ2n) is 13.2. The summed E-state index contributed by atoms with van der Waals surface area (Å²) in [5.74, 6) is -0.288. The normalized spacial score (nSPS) is 44.0. The fourth-order valence-electron chi connectivity index (χ4n) is 9.35. The van der Waals surface area contributed by atoms with Crippen LogP contribution in [-0.4, -0.2) is 71.8 Å². The van der Waals surface area contributed by atoms with Crippen molar-refractivity contribution >= 4 is 26.1 Å². The molecule has 0 aromatic carbocycles. The lowest BCUT2D eigenvalue weighted by Gasteiger charge is -2.63. The molecule has 0 aromatic rings. The van der Waals surface area contributed by atoms with Gasteiger partial charge in [-0.1, -0.05) is 20.8 Å². The lowest BCUT2D eigenvalue weighted by atomic mass is 9.43. The van der Waals surface area contributed by atoms with Crippen LogP contribution in [-0.2, 0) is 25.0 Å². The predicted octanol–water partition coefficient (Wildman–Crippen LogP) is 2.26. The number of aliphatic hydroxyl groups is 2. The summed E-state index contributed by atoms with van der Waals surface area (Å²) in [4.78, 5) is 12.2. The second-order valence-corrected chi connectivity index (χ2v) is 16.4. The monoisotopic (exact) mass is 579 g/mol. The van der Waals surface area contributed by atoms with Crippen molar-refractivity contribution in [3.63, 3.8) is 0 Å². The van der Waals surface area contributed by atoms with E-state index in [0.717, 1.165) is 12.8 Å². The molecule has 10 nitrogen and oxygen atoms in total. The van der Waals surface area contributed by atoms with E-state index in [4.69, 9.17) is 4.55 Å². The molecule has 11 unspecified atom stereocenters. The van der Waals surface area contributed by atoms with E-state index in [1.165, 1.54) is 0 Å². The molecule has 4 saturated carbocycles. The van der Waals surface area contributed by atoms with Crippen LogP contribution < -0.4 is 5.32 Å². The Kier molecular flexibility index (Phi) is 8.38. The predicted molar refractivity (Wildman–Crippen MR) is 141 cm³/mol. The Balaban J connectivity index is 1.45. The van der Waals surface area contributed by atoms with Crippen LogP contribution >= 0.6 is 0 Å². The Labute approximate surface area is 226 Å². The first-order valence-corrected chi connectivity index (χ1v) is 17.1. The van der Waals surface area contributed by atoms with E-state index in [2.05, 4.69) is 26.1 Å². The van der Waals surface area contributed by atoms with Gasteiger partial charge in [0.25, 0.3) is 20.2 Å². The van der Waals surface area contributed by atoms with E-state index in [9.17, 15) is 36.4 Å². The lowest BCUT2D eigenvalue weighted by molar-refractivity contribution is -0.201. The summed E-state index contributed by atoms with van der Waals surface area (Å²) in [6, 6.07) is 0. The summed E-state index contributed by atoms with van der Waals surface area (Å²) in [6.45, 7) is 6.27. The highest BCUT2D eigenvalue weighted by atomic mass is 32.2. The summed E-state index contributed by atoms with van der Waals surface area (Å²) in [5.41, 5.74) is -0.602. The molecular weight excluding hydrogens is 534 g/mol. The van der Waals surface area contributed by atoms with Crippen LogP contribution in [0.4, 0.5) is 0 Å². The first kappa shape index (κ1) is 30.2. The maximum Gasteiger partial charge on any atom is 0.267 e. The first-order chi connectivity index (χ1) is 17.5. The lowest BCUT2D eigenvalue weighted by Crippen LogP contribution is -2.62. The highest BCUT2D eigenvalue weighted by molar-refractivity contribution is 7.86.